The second-order valence-electron chi connectivity index (χ2n) is 5.90. The fraction of sp³-hybridized carbons (Fsp3) is 0.353. The van der Waals surface area contributed by atoms with Gasteiger partial charge in [-0.1, -0.05) is 41.1 Å². The zero-order chi connectivity index (χ0) is 18.9. The van der Waals surface area contributed by atoms with Crippen molar-refractivity contribution in [2.45, 2.75) is 0 Å². The number of anilines is 2. The monoisotopic (exact) mass is 425 g/mol. The number of hydrogen-bond acceptors (Lipinski definition) is 6. The minimum Gasteiger partial charge on any atom is -0.370 e. The van der Waals surface area contributed by atoms with E-state index in [1.54, 1.807) is 6.21 Å². The minimum atomic E-state index is 0.402. The Morgan fingerprint density at radius 3 is 2.89 bits per heavy atom. The molecule has 0 saturated carbocycles. The molecule has 0 radical (unpaired) electrons. The predicted octanol–water partition coefficient (Wildman–Crippen LogP) is 1.25. The van der Waals surface area contributed by atoms with Crippen LogP contribution >= 0.6 is 35.2 Å². The van der Waals surface area contributed by atoms with E-state index in [-0.39, 0.29) is 0 Å². The second kappa shape index (κ2) is 10.5. The number of morpholine rings is 1. The first kappa shape index (κ1) is 20.0. The molecule has 7 nitrogen and oxygen atoms in total. The summed E-state index contributed by atoms with van der Waals surface area (Å²) in [6.07, 6.45) is 1.62. The topological polar surface area (TPSA) is 75.0 Å². The van der Waals surface area contributed by atoms with Crippen LogP contribution in [0.5, 0.6) is 0 Å². The Labute approximate surface area is 172 Å². The first-order valence-corrected chi connectivity index (χ1v) is 10.3. The van der Waals surface area contributed by atoms with Gasteiger partial charge in [0, 0.05) is 5.69 Å². The summed E-state index contributed by atoms with van der Waals surface area (Å²) < 4.78 is 5.35. The normalized spacial score (nSPS) is 15.0. The van der Waals surface area contributed by atoms with E-state index in [1.807, 2.05) is 30.3 Å². The maximum atomic E-state index is 6.17. The lowest BCUT2D eigenvalue weighted by Gasteiger charge is -2.23. The summed E-state index contributed by atoms with van der Waals surface area (Å²) in [5, 5.41) is 12.1. The molecule has 3 rings (SSSR count). The zero-order valence-corrected chi connectivity index (χ0v) is 17.1. The van der Waals surface area contributed by atoms with Crippen molar-refractivity contribution < 1.29 is 9.64 Å². The fourth-order valence-electron chi connectivity index (χ4n) is 2.54. The SMILES string of the molecule is S=C(NCC[NH+]1CCOCC1)N/N=C/c1sc(Nc2ccccc2)nc1Cl. The van der Waals surface area contributed by atoms with Gasteiger partial charge in [-0.25, -0.2) is 4.98 Å². The van der Waals surface area contributed by atoms with Gasteiger partial charge in [-0.05, 0) is 24.4 Å². The molecule has 0 spiro atoms. The Morgan fingerprint density at radius 1 is 1.33 bits per heavy atom. The third kappa shape index (κ3) is 6.71. The zero-order valence-electron chi connectivity index (χ0n) is 14.7. The van der Waals surface area contributed by atoms with Crippen LogP contribution in [0.2, 0.25) is 5.15 Å². The van der Waals surface area contributed by atoms with Crippen molar-refractivity contribution in [1.82, 2.24) is 15.7 Å². The number of para-hydroxylation sites is 1. The number of benzene rings is 1. The van der Waals surface area contributed by atoms with Crippen molar-refractivity contribution in [2.24, 2.45) is 5.10 Å². The van der Waals surface area contributed by atoms with Gasteiger partial charge in [-0.15, -0.1) is 0 Å². The molecule has 1 aliphatic heterocycles. The summed E-state index contributed by atoms with van der Waals surface area (Å²) in [5.74, 6) is 0. The molecule has 27 heavy (non-hydrogen) atoms. The Morgan fingerprint density at radius 2 is 2.11 bits per heavy atom. The molecule has 1 aliphatic rings. The van der Waals surface area contributed by atoms with E-state index < -0.39 is 0 Å². The number of hydrazone groups is 1. The summed E-state index contributed by atoms with van der Waals surface area (Å²) in [7, 11) is 0. The number of nitrogens with zero attached hydrogens (tertiary/aromatic N) is 2. The maximum absolute atomic E-state index is 6.17. The first-order valence-electron chi connectivity index (χ1n) is 8.67. The minimum absolute atomic E-state index is 0.402. The van der Waals surface area contributed by atoms with Gasteiger partial charge in [0.1, 0.15) is 13.1 Å². The van der Waals surface area contributed by atoms with Crippen molar-refractivity contribution in [3.8, 4) is 0 Å². The summed E-state index contributed by atoms with van der Waals surface area (Å²) in [4.78, 5) is 6.57. The number of halogens is 1. The molecule has 10 heteroatoms. The van der Waals surface area contributed by atoms with Gasteiger partial charge in [0.15, 0.2) is 15.4 Å². The fourth-order valence-corrected chi connectivity index (χ4v) is 3.75. The van der Waals surface area contributed by atoms with Crippen LogP contribution in [0.3, 0.4) is 0 Å². The van der Waals surface area contributed by atoms with Crippen molar-refractivity contribution >= 4 is 57.3 Å². The molecule has 0 atom stereocenters. The van der Waals surface area contributed by atoms with Crippen molar-refractivity contribution in [3.05, 3.63) is 40.4 Å². The van der Waals surface area contributed by atoms with E-state index in [2.05, 4.69) is 26.1 Å². The number of thiazole rings is 1. The molecular weight excluding hydrogens is 404 g/mol. The van der Waals surface area contributed by atoms with E-state index in [9.17, 15) is 0 Å². The second-order valence-corrected chi connectivity index (χ2v) is 7.70. The van der Waals surface area contributed by atoms with E-state index in [4.69, 9.17) is 28.6 Å². The molecule has 2 heterocycles. The average molecular weight is 426 g/mol. The molecule has 144 valence electrons. The van der Waals surface area contributed by atoms with Crippen molar-refractivity contribution in [1.29, 1.82) is 0 Å². The highest BCUT2D eigenvalue weighted by Crippen LogP contribution is 2.27. The molecule has 0 amide bonds. The van der Waals surface area contributed by atoms with Crippen molar-refractivity contribution in [2.75, 3.05) is 44.7 Å². The smallest absolute Gasteiger partial charge is 0.189 e. The van der Waals surface area contributed by atoms with Crippen LogP contribution < -0.4 is 21.0 Å². The third-order valence-electron chi connectivity index (χ3n) is 3.95. The molecule has 0 aliphatic carbocycles. The van der Waals surface area contributed by atoms with Gasteiger partial charge >= 0.3 is 0 Å². The molecule has 0 unspecified atom stereocenters. The van der Waals surface area contributed by atoms with Crippen LogP contribution in [0, 0.1) is 0 Å². The van der Waals surface area contributed by atoms with Crippen LogP contribution in [0.25, 0.3) is 0 Å². The number of aromatic nitrogens is 1. The number of quaternary nitrogens is 1. The number of nitrogens with one attached hydrogen (secondary N) is 4. The van der Waals surface area contributed by atoms with Gasteiger partial charge in [0.05, 0.1) is 37.4 Å². The van der Waals surface area contributed by atoms with Crippen molar-refractivity contribution in [3.63, 3.8) is 0 Å². The Balaban J connectivity index is 1.41. The van der Waals surface area contributed by atoms with Crippen LogP contribution in [0.15, 0.2) is 35.4 Å². The highest BCUT2D eigenvalue weighted by Gasteiger charge is 2.13. The summed E-state index contributed by atoms with van der Waals surface area (Å²) in [5.41, 5.74) is 3.77. The number of thiocarbonyl (C=S) groups is 1. The lowest BCUT2D eigenvalue weighted by atomic mass is 10.3. The Kier molecular flexibility index (Phi) is 7.79. The Bertz CT molecular complexity index is 764. The number of ether oxygens (including phenoxy) is 1. The summed E-state index contributed by atoms with van der Waals surface area (Å²) >= 11 is 12.8. The Hall–Kier alpha value is -1.78. The van der Waals surface area contributed by atoms with Gasteiger partial charge in [0.25, 0.3) is 0 Å². The van der Waals surface area contributed by atoms with Crippen LogP contribution in [0.1, 0.15) is 4.88 Å². The molecule has 4 N–H and O–H groups in total. The van der Waals surface area contributed by atoms with E-state index >= 15 is 0 Å². The highest BCUT2D eigenvalue weighted by atomic mass is 35.5. The van der Waals surface area contributed by atoms with Crippen LogP contribution in [0.4, 0.5) is 10.8 Å². The summed E-state index contributed by atoms with van der Waals surface area (Å²) in [6, 6.07) is 9.81. The first-order chi connectivity index (χ1) is 13.2. The number of hydrogen-bond donors (Lipinski definition) is 4. The predicted molar refractivity (Wildman–Crippen MR) is 115 cm³/mol. The van der Waals surface area contributed by atoms with E-state index in [0.29, 0.717) is 15.4 Å². The van der Waals surface area contributed by atoms with Crippen LogP contribution in [-0.4, -0.2) is 55.7 Å². The quantitative estimate of drug-likeness (QED) is 0.304. The van der Waals surface area contributed by atoms with E-state index in [0.717, 1.165) is 50.0 Å². The molecule has 1 saturated heterocycles. The summed E-state index contributed by atoms with van der Waals surface area (Å²) in [6.45, 7) is 5.55. The number of rotatable bonds is 7. The molecule has 1 aromatic carbocycles. The molecule has 2 aromatic rings. The maximum Gasteiger partial charge on any atom is 0.189 e. The van der Waals surface area contributed by atoms with E-state index in [1.165, 1.54) is 16.2 Å². The largest absolute Gasteiger partial charge is 0.370 e. The van der Waals surface area contributed by atoms with Gasteiger partial charge < -0.3 is 20.3 Å². The molecule has 1 aromatic heterocycles. The van der Waals surface area contributed by atoms with Gasteiger partial charge in [-0.2, -0.15) is 5.10 Å². The third-order valence-corrected chi connectivity index (χ3v) is 5.49. The molecule has 0 bridgehead atoms. The highest BCUT2D eigenvalue weighted by molar-refractivity contribution is 7.80. The lowest BCUT2D eigenvalue weighted by Crippen LogP contribution is -3.14. The van der Waals surface area contributed by atoms with Gasteiger partial charge in [0.2, 0.25) is 0 Å². The standard InChI is InChI=1S/C17H21ClN6OS2/c18-15-14(27-17(22-15)21-13-4-2-1-3-5-13)12-20-23-16(26)19-6-7-24-8-10-25-11-9-24/h1-5,12H,6-11H2,(H,21,22)(H2,19,23,26)/p+1/b20-12+. The lowest BCUT2D eigenvalue weighted by molar-refractivity contribution is -0.906. The molecule has 1 fully saturated rings. The molecular formula is C17H22ClN6OS2+. The van der Waals surface area contributed by atoms with Crippen LogP contribution in [-0.2, 0) is 4.74 Å². The average Bonchev–Trinajstić information content (AvgIpc) is 3.02. The van der Waals surface area contributed by atoms with Gasteiger partial charge in [-0.3, -0.25) is 5.43 Å².